The normalized spacial score (nSPS) is 12.1. The van der Waals surface area contributed by atoms with E-state index < -0.39 is 0 Å². The van der Waals surface area contributed by atoms with Gasteiger partial charge in [0.15, 0.2) is 11.5 Å². The summed E-state index contributed by atoms with van der Waals surface area (Å²) in [6.45, 7) is 2.00. The van der Waals surface area contributed by atoms with Crippen LogP contribution >= 0.6 is 0 Å². The molecule has 0 saturated carbocycles. The Morgan fingerprint density at radius 1 is 1.06 bits per heavy atom. The number of rotatable bonds is 6. The molecular weight excluding hydrogens is 218 g/mol. The Labute approximate surface area is 103 Å². The van der Waals surface area contributed by atoms with Crippen molar-refractivity contribution >= 4 is 0 Å². The van der Waals surface area contributed by atoms with Gasteiger partial charge in [-0.05, 0) is 37.5 Å². The van der Waals surface area contributed by atoms with Gasteiger partial charge in [-0.3, -0.25) is 0 Å². The van der Waals surface area contributed by atoms with Gasteiger partial charge in [0, 0.05) is 6.04 Å². The van der Waals surface area contributed by atoms with Crippen molar-refractivity contribution < 1.29 is 14.2 Å². The number of ether oxygens (including phenoxy) is 3. The molecule has 0 heterocycles. The maximum atomic E-state index is 5.75. The van der Waals surface area contributed by atoms with E-state index in [0.717, 1.165) is 18.4 Å². The van der Waals surface area contributed by atoms with Crippen LogP contribution in [0.4, 0.5) is 0 Å². The quantitative estimate of drug-likeness (QED) is 0.825. The Hall–Kier alpha value is -1.42. The lowest BCUT2D eigenvalue weighted by Gasteiger charge is -2.14. The molecule has 0 amide bonds. The molecule has 0 bridgehead atoms. The van der Waals surface area contributed by atoms with Crippen molar-refractivity contribution in [3.05, 3.63) is 17.7 Å². The summed E-state index contributed by atoms with van der Waals surface area (Å²) in [5, 5.41) is 0. The highest BCUT2D eigenvalue weighted by Gasteiger charge is 2.13. The van der Waals surface area contributed by atoms with Crippen LogP contribution in [-0.2, 0) is 6.42 Å². The van der Waals surface area contributed by atoms with Gasteiger partial charge in [0.25, 0.3) is 0 Å². The maximum absolute atomic E-state index is 5.75. The van der Waals surface area contributed by atoms with Crippen LogP contribution in [0.15, 0.2) is 12.1 Å². The fourth-order valence-electron chi connectivity index (χ4n) is 1.67. The van der Waals surface area contributed by atoms with Crippen LogP contribution in [-0.4, -0.2) is 27.4 Å². The maximum Gasteiger partial charge on any atom is 0.203 e. The van der Waals surface area contributed by atoms with Gasteiger partial charge >= 0.3 is 0 Å². The molecule has 0 unspecified atom stereocenters. The van der Waals surface area contributed by atoms with Crippen molar-refractivity contribution in [1.29, 1.82) is 0 Å². The summed E-state index contributed by atoms with van der Waals surface area (Å²) >= 11 is 0. The number of methoxy groups -OCH3 is 3. The third-order valence-corrected chi connectivity index (χ3v) is 2.61. The Bertz CT molecular complexity index is 339. The van der Waals surface area contributed by atoms with Crippen molar-refractivity contribution in [3.63, 3.8) is 0 Å². The van der Waals surface area contributed by atoms with E-state index in [-0.39, 0.29) is 6.04 Å². The lowest BCUT2D eigenvalue weighted by molar-refractivity contribution is 0.323. The SMILES string of the molecule is COc1cc(CC[C@H](C)N)cc(OC)c1OC. The summed E-state index contributed by atoms with van der Waals surface area (Å²) in [7, 11) is 4.83. The molecule has 0 aliphatic carbocycles. The summed E-state index contributed by atoms with van der Waals surface area (Å²) < 4.78 is 15.8. The van der Waals surface area contributed by atoms with Crippen LogP contribution < -0.4 is 19.9 Å². The minimum atomic E-state index is 0.189. The fourth-order valence-corrected chi connectivity index (χ4v) is 1.67. The predicted octanol–water partition coefficient (Wildman–Crippen LogP) is 1.99. The lowest BCUT2D eigenvalue weighted by atomic mass is 10.1. The third kappa shape index (κ3) is 3.53. The second kappa shape index (κ2) is 6.35. The number of hydrogen-bond donors (Lipinski definition) is 1. The van der Waals surface area contributed by atoms with Crippen molar-refractivity contribution in [2.24, 2.45) is 5.73 Å². The highest BCUT2D eigenvalue weighted by molar-refractivity contribution is 5.53. The average Bonchev–Trinajstić information content (AvgIpc) is 2.34. The van der Waals surface area contributed by atoms with Crippen LogP contribution in [0.5, 0.6) is 17.2 Å². The summed E-state index contributed by atoms with van der Waals surface area (Å²) in [4.78, 5) is 0. The molecule has 1 rings (SSSR count). The predicted molar refractivity (Wildman–Crippen MR) is 68.1 cm³/mol. The van der Waals surface area contributed by atoms with Gasteiger partial charge in [-0.1, -0.05) is 0 Å². The topological polar surface area (TPSA) is 53.7 Å². The molecular formula is C13H21NO3. The molecule has 17 heavy (non-hydrogen) atoms. The molecule has 1 aromatic rings. The average molecular weight is 239 g/mol. The van der Waals surface area contributed by atoms with Gasteiger partial charge in [0.05, 0.1) is 21.3 Å². The highest BCUT2D eigenvalue weighted by Crippen LogP contribution is 2.38. The van der Waals surface area contributed by atoms with Crippen LogP contribution in [0, 0.1) is 0 Å². The second-order valence-corrected chi connectivity index (χ2v) is 4.05. The fraction of sp³-hybridized carbons (Fsp3) is 0.538. The largest absolute Gasteiger partial charge is 0.493 e. The second-order valence-electron chi connectivity index (χ2n) is 4.05. The zero-order chi connectivity index (χ0) is 12.8. The first-order valence-corrected chi connectivity index (χ1v) is 5.66. The van der Waals surface area contributed by atoms with E-state index in [2.05, 4.69) is 0 Å². The monoisotopic (exact) mass is 239 g/mol. The summed E-state index contributed by atoms with van der Waals surface area (Å²) in [5.41, 5.74) is 6.89. The van der Waals surface area contributed by atoms with Crippen molar-refractivity contribution in [1.82, 2.24) is 0 Å². The molecule has 4 heteroatoms. The van der Waals surface area contributed by atoms with Crippen molar-refractivity contribution in [2.45, 2.75) is 25.8 Å². The van der Waals surface area contributed by atoms with E-state index >= 15 is 0 Å². The zero-order valence-electron chi connectivity index (χ0n) is 10.9. The van der Waals surface area contributed by atoms with Gasteiger partial charge < -0.3 is 19.9 Å². The molecule has 0 saturated heterocycles. The number of aryl methyl sites for hydroxylation is 1. The lowest BCUT2D eigenvalue weighted by Crippen LogP contribution is -2.15. The van der Waals surface area contributed by atoms with Crippen LogP contribution in [0.1, 0.15) is 18.9 Å². The molecule has 0 aliphatic rings. The summed E-state index contributed by atoms with van der Waals surface area (Å²) in [5.74, 6) is 2.00. The number of hydrogen-bond acceptors (Lipinski definition) is 4. The van der Waals surface area contributed by atoms with Crippen molar-refractivity contribution in [3.8, 4) is 17.2 Å². The van der Waals surface area contributed by atoms with Crippen molar-refractivity contribution in [2.75, 3.05) is 21.3 Å². The molecule has 1 atom stereocenters. The molecule has 0 aliphatic heterocycles. The molecule has 4 nitrogen and oxygen atoms in total. The zero-order valence-corrected chi connectivity index (χ0v) is 10.9. The van der Waals surface area contributed by atoms with E-state index in [1.165, 1.54) is 0 Å². The first kappa shape index (κ1) is 13.6. The third-order valence-electron chi connectivity index (χ3n) is 2.61. The van der Waals surface area contributed by atoms with Gasteiger partial charge in [0.2, 0.25) is 5.75 Å². The Kier molecular flexibility index (Phi) is 5.10. The van der Waals surface area contributed by atoms with E-state index in [4.69, 9.17) is 19.9 Å². The van der Waals surface area contributed by atoms with E-state index in [1.807, 2.05) is 19.1 Å². The molecule has 2 N–H and O–H groups in total. The minimum Gasteiger partial charge on any atom is -0.493 e. The van der Waals surface area contributed by atoms with Crippen LogP contribution in [0.25, 0.3) is 0 Å². The smallest absolute Gasteiger partial charge is 0.203 e. The van der Waals surface area contributed by atoms with Gasteiger partial charge in [-0.15, -0.1) is 0 Å². The summed E-state index contributed by atoms with van der Waals surface area (Å²) in [6, 6.07) is 4.11. The highest BCUT2D eigenvalue weighted by atomic mass is 16.5. The summed E-state index contributed by atoms with van der Waals surface area (Å²) in [6.07, 6.45) is 1.83. The van der Waals surface area contributed by atoms with Gasteiger partial charge in [-0.2, -0.15) is 0 Å². The van der Waals surface area contributed by atoms with Gasteiger partial charge in [-0.25, -0.2) is 0 Å². The molecule has 96 valence electrons. The standard InChI is InChI=1S/C13H21NO3/c1-9(14)5-6-10-7-11(15-2)13(17-4)12(8-10)16-3/h7-9H,5-6,14H2,1-4H3/t9-/m0/s1. The number of nitrogens with two attached hydrogens (primary N) is 1. The molecule has 1 aromatic carbocycles. The van der Waals surface area contributed by atoms with Gasteiger partial charge in [0.1, 0.15) is 0 Å². The van der Waals surface area contributed by atoms with E-state index in [9.17, 15) is 0 Å². The van der Waals surface area contributed by atoms with E-state index in [0.29, 0.717) is 17.2 Å². The first-order valence-electron chi connectivity index (χ1n) is 5.66. The molecule has 0 radical (unpaired) electrons. The molecule has 0 spiro atoms. The van der Waals surface area contributed by atoms with E-state index in [1.54, 1.807) is 21.3 Å². The number of benzene rings is 1. The Morgan fingerprint density at radius 3 is 1.94 bits per heavy atom. The molecule has 0 fully saturated rings. The minimum absolute atomic E-state index is 0.189. The van der Waals surface area contributed by atoms with Crippen LogP contribution in [0.2, 0.25) is 0 Å². The Morgan fingerprint density at radius 2 is 1.59 bits per heavy atom. The molecule has 0 aromatic heterocycles. The Balaban J connectivity index is 3.00. The van der Waals surface area contributed by atoms with Crippen LogP contribution in [0.3, 0.4) is 0 Å². The first-order chi connectivity index (χ1) is 8.12.